The van der Waals surface area contributed by atoms with E-state index in [1.165, 1.54) is 19.3 Å². The third kappa shape index (κ3) is 4.57. The van der Waals surface area contributed by atoms with Crippen molar-refractivity contribution in [2.45, 2.75) is 68.7 Å². The Bertz CT molecular complexity index is 660. The first-order valence-corrected chi connectivity index (χ1v) is 10.4. The molecule has 2 saturated carbocycles. The number of rotatable bonds is 7. The molecule has 1 aromatic carbocycles. The average Bonchev–Trinajstić information content (AvgIpc) is 2.98. The second-order valence-corrected chi connectivity index (χ2v) is 8.72. The van der Waals surface area contributed by atoms with Crippen LogP contribution in [0.25, 0.3) is 0 Å². The highest BCUT2D eigenvalue weighted by Crippen LogP contribution is 2.30. The van der Waals surface area contributed by atoms with Gasteiger partial charge in [-0.2, -0.15) is 0 Å². The van der Waals surface area contributed by atoms with Gasteiger partial charge in [-0.3, -0.25) is 4.79 Å². The Morgan fingerprint density at radius 3 is 2.25 bits per heavy atom. The molecule has 0 aromatic heterocycles. The van der Waals surface area contributed by atoms with Crippen molar-refractivity contribution in [3.05, 3.63) is 24.3 Å². The molecule has 0 unspecified atom stereocenters. The molecular weight excluding hydrogens is 324 g/mol. The Balaban J connectivity index is 1.52. The number of anilines is 1. The Morgan fingerprint density at radius 2 is 1.67 bits per heavy atom. The SMILES string of the molecule is O=C(CCC1CCC1)Nc1ccc(S(=O)(=O)NC2CCCC2)cc1. The summed E-state index contributed by atoms with van der Waals surface area (Å²) in [7, 11) is -3.47. The maximum atomic E-state index is 12.3. The Labute approximate surface area is 144 Å². The van der Waals surface area contributed by atoms with Gasteiger partial charge >= 0.3 is 0 Å². The molecule has 2 aliphatic rings. The molecule has 2 fully saturated rings. The zero-order chi connectivity index (χ0) is 17.0. The van der Waals surface area contributed by atoms with E-state index in [9.17, 15) is 13.2 Å². The molecule has 0 bridgehead atoms. The maximum absolute atomic E-state index is 12.3. The minimum absolute atomic E-state index is 0.00147. The van der Waals surface area contributed by atoms with Crippen molar-refractivity contribution in [3.8, 4) is 0 Å². The van der Waals surface area contributed by atoms with Crippen LogP contribution < -0.4 is 10.0 Å². The lowest BCUT2D eigenvalue weighted by Gasteiger charge is -2.24. The molecular formula is C18H26N2O3S. The van der Waals surface area contributed by atoms with Gasteiger partial charge in [-0.05, 0) is 49.4 Å². The number of amides is 1. The number of benzene rings is 1. The van der Waals surface area contributed by atoms with E-state index in [2.05, 4.69) is 10.0 Å². The molecule has 132 valence electrons. The molecule has 3 rings (SSSR count). The van der Waals surface area contributed by atoms with Gasteiger partial charge in [0.15, 0.2) is 0 Å². The molecule has 0 aliphatic heterocycles. The van der Waals surface area contributed by atoms with Gasteiger partial charge in [-0.15, -0.1) is 0 Å². The molecule has 2 N–H and O–H groups in total. The van der Waals surface area contributed by atoms with E-state index in [1.807, 2.05) is 0 Å². The molecule has 0 spiro atoms. The van der Waals surface area contributed by atoms with Crippen LogP contribution in [0.2, 0.25) is 0 Å². The van der Waals surface area contributed by atoms with E-state index in [4.69, 9.17) is 0 Å². The van der Waals surface area contributed by atoms with Gasteiger partial charge in [0.25, 0.3) is 0 Å². The van der Waals surface area contributed by atoms with Crippen LogP contribution in [0.15, 0.2) is 29.2 Å². The summed E-state index contributed by atoms with van der Waals surface area (Å²) in [6, 6.07) is 6.48. The maximum Gasteiger partial charge on any atom is 0.240 e. The molecule has 0 saturated heterocycles. The highest BCUT2D eigenvalue weighted by Gasteiger charge is 2.23. The number of nitrogens with one attached hydrogen (secondary N) is 2. The fourth-order valence-electron chi connectivity index (χ4n) is 3.39. The van der Waals surface area contributed by atoms with Crippen molar-refractivity contribution in [1.82, 2.24) is 4.72 Å². The van der Waals surface area contributed by atoms with Crippen molar-refractivity contribution in [2.75, 3.05) is 5.32 Å². The molecule has 2 aliphatic carbocycles. The van der Waals surface area contributed by atoms with Crippen molar-refractivity contribution >= 4 is 21.6 Å². The van der Waals surface area contributed by atoms with Crippen LogP contribution in [-0.2, 0) is 14.8 Å². The van der Waals surface area contributed by atoms with Crippen LogP contribution >= 0.6 is 0 Å². The smallest absolute Gasteiger partial charge is 0.240 e. The van der Waals surface area contributed by atoms with Crippen LogP contribution in [0.5, 0.6) is 0 Å². The topological polar surface area (TPSA) is 75.3 Å². The van der Waals surface area contributed by atoms with E-state index in [0.29, 0.717) is 18.0 Å². The summed E-state index contributed by atoms with van der Waals surface area (Å²) >= 11 is 0. The third-order valence-electron chi connectivity index (χ3n) is 5.13. The summed E-state index contributed by atoms with van der Waals surface area (Å²) in [6.45, 7) is 0. The van der Waals surface area contributed by atoms with Crippen LogP contribution in [-0.4, -0.2) is 20.4 Å². The zero-order valence-corrected chi connectivity index (χ0v) is 14.8. The summed E-state index contributed by atoms with van der Waals surface area (Å²) in [5, 5.41) is 2.84. The minimum atomic E-state index is -3.47. The van der Waals surface area contributed by atoms with E-state index in [1.54, 1.807) is 24.3 Å². The number of hydrogen-bond acceptors (Lipinski definition) is 3. The highest BCUT2D eigenvalue weighted by atomic mass is 32.2. The fraction of sp³-hybridized carbons (Fsp3) is 0.611. The lowest BCUT2D eigenvalue weighted by Crippen LogP contribution is -2.32. The number of carbonyl (C=O) groups excluding carboxylic acids is 1. The van der Waals surface area contributed by atoms with E-state index < -0.39 is 10.0 Å². The predicted octanol–water partition coefficient (Wildman–Crippen LogP) is 3.43. The van der Waals surface area contributed by atoms with Crippen molar-refractivity contribution in [1.29, 1.82) is 0 Å². The number of sulfonamides is 1. The molecule has 5 nitrogen and oxygen atoms in total. The van der Waals surface area contributed by atoms with E-state index in [-0.39, 0.29) is 16.8 Å². The van der Waals surface area contributed by atoms with Crippen molar-refractivity contribution in [3.63, 3.8) is 0 Å². The lowest BCUT2D eigenvalue weighted by atomic mass is 9.82. The second-order valence-electron chi connectivity index (χ2n) is 7.01. The first-order valence-electron chi connectivity index (χ1n) is 8.95. The zero-order valence-electron chi connectivity index (χ0n) is 14.0. The monoisotopic (exact) mass is 350 g/mol. The number of hydrogen-bond donors (Lipinski definition) is 2. The lowest BCUT2D eigenvalue weighted by molar-refractivity contribution is -0.116. The summed E-state index contributed by atoms with van der Waals surface area (Å²) < 4.78 is 27.4. The summed E-state index contributed by atoms with van der Waals surface area (Å²) in [6.07, 6.45) is 9.25. The number of carbonyl (C=O) groups is 1. The van der Waals surface area contributed by atoms with Gasteiger partial charge in [0, 0.05) is 18.2 Å². The quantitative estimate of drug-likeness (QED) is 0.791. The average molecular weight is 350 g/mol. The second kappa shape index (κ2) is 7.66. The summed E-state index contributed by atoms with van der Waals surface area (Å²) in [5.41, 5.74) is 0.647. The summed E-state index contributed by atoms with van der Waals surface area (Å²) in [5.74, 6) is 0.714. The van der Waals surface area contributed by atoms with Gasteiger partial charge < -0.3 is 5.32 Å². The van der Waals surface area contributed by atoms with Crippen LogP contribution in [0, 0.1) is 5.92 Å². The van der Waals surface area contributed by atoms with Crippen LogP contribution in [0.3, 0.4) is 0 Å². The van der Waals surface area contributed by atoms with Gasteiger partial charge in [0.05, 0.1) is 4.90 Å². The molecule has 1 amide bonds. The molecule has 24 heavy (non-hydrogen) atoms. The van der Waals surface area contributed by atoms with Crippen molar-refractivity contribution < 1.29 is 13.2 Å². The third-order valence-corrected chi connectivity index (χ3v) is 6.67. The molecule has 0 radical (unpaired) electrons. The molecule has 0 atom stereocenters. The molecule has 0 heterocycles. The first kappa shape index (κ1) is 17.4. The van der Waals surface area contributed by atoms with Gasteiger partial charge in [-0.25, -0.2) is 13.1 Å². The van der Waals surface area contributed by atoms with Gasteiger partial charge in [0.2, 0.25) is 15.9 Å². The Kier molecular flexibility index (Phi) is 5.56. The normalized spacial score (nSPS) is 19.2. The van der Waals surface area contributed by atoms with Crippen LogP contribution in [0.1, 0.15) is 57.8 Å². The fourth-order valence-corrected chi connectivity index (χ4v) is 4.69. The van der Waals surface area contributed by atoms with Gasteiger partial charge in [0.1, 0.15) is 0 Å². The Hall–Kier alpha value is -1.40. The predicted molar refractivity (Wildman–Crippen MR) is 94.2 cm³/mol. The standard InChI is InChI=1S/C18H26N2O3S/c21-18(13-8-14-4-3-5-14)19-15-9-11-17(12-10-15)24(22,23)20-16-6-1-2-7-16/h9-12,14,16,20H,1-8,13H2,(H,19,21). The van der Waals surface area contributed by atoms with Crippen LogP contribution in [0.4, 0.5) is 5.69 Å². The largest absolute Gasteiger partial charge is 0.326 e. The van der Waals surface area contributed by atoms with Crippen molar-refractivity contribution in [2.24, 2.45) is 5.92 Å². The highest BCUT2D eigenvalue weighted by molar-refractivity contribution is 7.89. The van der Waals surface area contributed by atoms with Gasteiger partial charge in [-0.1, -0.05) is 32.1 Å². The van der Waals surface area contributed by atoms with E-state index >= 15 is 0 Å². The summed E-state index contributed by atoms with van der Waals surface area (Å²) in [4.78, 5) is 12.2. The first-order chi connectivity index (χ1) is 11.5. The minimum Gasteiger partial charge on any atom is -0.326 e. The van der Waals surface area contributed by atoms with E-state index in [0.717, 1.165) is 32.1 Å². The molecule has 6 heteroatoms. The Morgan fingerprint density at radius 1 is 1.00 bits per heavy atom. The molecule has 1 aromatic rings.